The SMILES string of the molecule is COc1cc(CC(=O)O)c(C(F)F)nc1Cl. The van der Waals surface area contributed by atoms with Gasteiger partial charge in [-0.2, -0.15) is 0 Å². The summed E-state index contributed by atoms with van der Waals surface area (Å²) in [5.41, 5.74) is -0.739. The van der Waals surface area contributed by atoms with Crippen molar-refractivity contribution < 1.29 is 23.4 Å². The minimum atomic E-state index is -2.88. The molecule has 4 nitrogen and oxygen atoms in total. The topological polar surface area (TPSA) is 59.4 Å². The fourth-order valence-electron chi connectivity index (χ4n) is 1.16. The number of alkyl halides is 2. The highest BCUT2D eigenvalue weighted by Gasteiger charge is 2.20. The number of hydrogen-bond donors (Lipinski definition) is 1. The molecule has 1 heterocycles. The zero-order chi connectivity index (χ0) is 12.3. The Hall–Kier alpha value is -1.43. The second kappa shape index (κ2) is 5.07. The smallest absolute Gasteiger partial charge is 0.307 e. The number of halogens is 3. The Morgan fingerprint density at radius 1 is 1.69 bits per heavy atom. The fourth-order valence-corrected chi connectivity index (χ4v) is 1.38. The van der Waals surface area contributed by atoms with Crippen LogP contribution in [-0.4, -0.2) is 23.2 Å². The average Bonchev–Trinajstić information content (AvgIpc) is 2.19. The zero-order valence-corrected chi connectivity index (χ0v) is 8.96. The molecule has 1 aromatic heterocycles. The van der Waals surface area contributed by atoms with Crippen LogP contribution in [0, 0.1) is 0 Å². The molecule has 0 aliphatic carbocycles. The molecule has 0 saturated carbocycles. The molecule has 1 N–H and O–H groups in total. The van der Waals surface area contributed by atoms with Crippen LogP contribution in [0.25, 0.3) is 0 Å². The number of hydrogen-bond acceptors (Lipinski definition) is 3. The molecule has 0 atom stereocenters. The van der Waals surface area contributed by atoms with E-state index in [-0.39, 0.29) is 16.5 Å². The van der Waals surface area contributed by atoms with E-state index in [1.165, 1.54) is 7.11 Å². The van der Waals surface area contributed by atoms with Gasteiger partial charge in [0, 0.05) is 0 Å². The lowest BCUT2D eigenvalue weighted by Gasteiger charge is -2.09. The van der Waals surface area contributed by atoms with Gasteiger partial charge >= 0.3 is 5.97 Å². The summed E-state index contributed by atoms with van der Waals surface area (Å²) in [6.07, 6.45) is -3.43. The van der Waals surface area contributed by atoms with Crippen LogP contribution >= 0.6 is 11.6 Å². The average molecular weight is 252 g/mol. The van der Waals surface area contributed by atoms with Gasteiger partial charge in [0.05, 0.1) is 13.5 Å². The first kappa shape index (κ1) is 12.6. The van der Waals surface area contributed by atoms with E-state index >= 15 is 0 Å². The van der Waals surface area contributed by atoms with Gasteiger partial charge in [-0.15, -0.1) is 0 Å². The number of methoxy groups -OCH3 is 1. The van der Waals surface area contributed by atoms with Crippen LogP contribution in [0.4, 0.5) is 8.78 Å². The van der Waals surface area contributed by atoms with Crippen LogP contribution in [0.2, 0.25) is 5.15 Å². The van der Waals surface area contributed by atoms with Crippen molar-refractivity contribution in [3.63, 3.8) is 0 Å². The lowest BCUT2D eigenvalue weighted by atomic mass is 10.1. The molecule has 0 radical (unpaired) electrons. The quantitative estimate of drug-likeness (QED) is 0.834. The summed E-state index contributed by atoms with van der Waals surface area (Å²) in [5, 5.41) is 8.34. The van der Waals surface area contributed by atoms with E-state index in [0.29, 0.717) is 0 Å². The van der Waals surface area contributed by atoms with Crippen LogP contribution in [0.15, 0.2) is 6.07 Å². The van der Waals surface area contributed by atoms with Gasteiger partial charge in [-0.1, -0.05) is 11.6 Å². The van der Waals surface area contributed by atoms with Crippen molar-refractivity contribution >= 4 is 17.6 Å². The number of nitrogens with zero attached hydrogens (tertiary/aromatic N) is 1. The standard InChI is InChI=1S/C9H8ClF2NO3/c1-16-5-2-4(3-6(14)15)7(9(11)12)13-8(5)10/h2,9H,3H2,1H3,(H,14,15). The highest BCUT2D eigenvalue weighted by Crippen LogP contribution is 2.30. The first-order valence-electron chi connectivity index (χ1n) is 4.19. The molecule has 0 amide bonds. The van der Waals surface area contributed by atoms with E-state index in [0.717, 1.165) is 6.07 Å². The maximum absolute atomic E-state index is 12.5. The van der Waals surface area contributed by atoms with Crippen LogP contribution in [0.3, 0.4) is 0 Å². The van der Waals surface area contributed by atoms with Crippen molar-refractivity contribution in [2.75, 3.05) is 7.11 Å². The molecule has 7 heteroatoms. The van der Waals surface area contributed by atoms with Gasteiger partial charge in [-0.3, -0.25) is 4.79 Å². The van der Waals surface area contributed by atoms with Crippen molar-refractivity contribution in [1.82, 2.24) is 4.98 Å². The summed E-state index contributed by atoms with van der Waals surface area (Å²) in [4.78, 5) is 13.9. The Balaban J connectivity index is 3.24. The highest BCUT2D eigenvalue weighted by atomic mass is 35.5. The first-order valence-corrected chi connectivity index (χ1v) is 4.56. The molecule has 0 spiro atoms. The number of aromatic nitrogens is 1. The number of rotatable bonds is 4. The van der Waals surface area contributed by atoms with Crippen molar-refractivity contribution in [3.05, 3.63) is 22.5 Å². The zero-order valence-electron chi connectivity index (χ0n) is 8.21. The maximum Gasteiger partial charge on any atom is 0.307 e. The number of carboxylic acid groups (broad SMARTS) is 1. The van der Waals surface area contributed by atoms with Gasteiger partial charge < -0.3 is 9.84 Å². The lowest BCUT2D eigenvalue weighted by molar-refractivity contribution is -0.136. The number of carbonyl (C=O) groups is 1. The van der Waals surface area contributed by atoms with Crippen LogP contribution < -0.4 is 4.74 Å². The lowest BCUT2D eigenvalue weighted by Crippen LogP contribution is -2.07. The third-order valence-electron chi connectivity index (χ3n) is 1.82. The molecule has 0 bridgehead atoms. The van der Waals surface area contributed by atoms with E-state index in [1.54, 1.807) is 0 Å². The summed E-state index contributed by atoms with van der Waals surface area (Å²) in [5.74, 6) is -1.16. The molecule has 0 saturated heterocycles. The van der Waals surface area contributed by atoms with Crippen molar-refractivity contribution in [3.8, 4) is 5.75 Å². The van der Waals surface area contributed by atoms with Gasteiger partial charge in [-0.05, 0) is 11.6 Å². The Morgan fingerprint density at radius 2 is 2.31 bits per heavy atom. The monoisotopic (exact) mass is 251 g/mol. The van der Waals surface area contributed by atoms with Gasteiger partial charge in [-0.25, -0.2) is 13.8 Å². The van der Waals surface area contributed by atoms with Crippen LogP contribution in [0.1, 0.15) is 17.7 Å². The molecular formula is C9H8ClF2NO3. The normalized spacial score (nSPS) is 10.6. The van der Waals surface area contributed by atoms with Gasteiger partial charge in [0.25, 0.3) is 6.43 Å². The predicted octanol–water partition coefficient (Wildman–Crippen LogP) is 2.31. The molecule has 0 aliphatic heterocycles. The van der Waals surface area contributed by atoms with Crippen molar-refractivity contribution in [1.29, 1.82) is 0 Å². The Kier molecular flexibility index (Phi) is 4.00. The number of carboxylic acids is 1. The first-order chi connectivity index (χ1) is 7.45. The second-order valence-corrected chi connectivity index (χ2v) is 3.26. The molecular weight excluding hydrogens is 244 g/mol. The molecule has 16 heavy (non-hydrogen) atoms. The summed E-state index contributed by atoms with van der Waals surface area (Å²) in [7, 11) is 1.29. The fraction of sp³-hybridized carbons (Fsp3) is 0.333. The Labute approximate surface area is 94.8 Å². The van der Waals surface area contributed by atoms with Gasteiger partial charge in [0.15, 0.2) is 10.9 Å². The number of aliphatic carboxylic acids is 1. The maximum atomic E-state index is 12.5. The second-order valence-electron chi connectivity index (χ2n) is 2.90. The van der Waals surface area contributed by atoms with E-state index in [4.69, 9.17) is 21.4 Å². The number of ether oxygens (including phenoxy) is 1. The van der Waals surface area contributed by atoms with E-state index < -0.39 is 24.5 Å². The third kappa shape index (κ3) is 2.79. The summed E-state index contributed by atoms with van der Waals surface area (Å²) in [6, 6.07) is 1.16. The molecule has 88 valence electrons. The molecule has 0 aromatic carbocycles. The van der Waals surface area contributed by atoms with Gasteiger partial charge in [0.1, 0.15) is 5.69 Å². The van der Waals surface area contributed by atoms with Crippen LogP contribution in [0.5, 0.6) is 5.75 Å². The third-order valence-corrected chi connectivity index (χ3v) is 2.10. The minimum absolute atomic E-state index is 0.0716. The summed E-state index contributed by atoms with van der Waals surface area (Å²) >= 11 is 5.57. The molecule has 0 unspecified atom stereocenters. The largest absolute Gasteiger partial charge is 0.494 e. The summed E-state index contributed by atoms with van der Waals surface area (Å²) < 4.78 is 29.8. The summed E-state index contributed by atoms with van der Waals surface area (Å²) in [6.45, 7) is 0. The predicted molar refractivity (Wildman–Crippen MR) is 52.1 cm³/mol. The Bertz CT molecular complexity index is 412. The van der Waals surface area contributed by atoms with Crippen LogP contribution in [-0.2, 0) is 11.2 Å². The van der Waals surface area contributed by atoms with Crippen molar-refractivity contribution in [2.24, 2.45) is 0 Å². The molecule has 1 aromatic rings. The van der Waals surface area contributed by atoms with E-state index in [1.807, 2.05) is 0 Å². The van der Waals surface area contributed by atoms with Crippen molar-refractivity contribution in [2.45, 2.75) is 12.8 Å². The van der Waals surface area contributed by atoms with E-state index in [9.17, 15) is 13.6 Å². The Morgan fingerprint density at radius 3 is 2.75 bits per heavy atom. The highest BCUT2D eigenvalue weighted by molar-refractivity contribution is 6.30. The molecule has 0 aliphatic rings. The van der Waals surface area contributed by atoms with Gasteiger partial charge in [0.2, 0.25) is 0 Å². The number of pyridine rings is 1. The minimum Gasteiger partial charge on any atom is -0.494 e. The molecule has 1 rings (SSSR count). The van der Waals surface area contributed by atoms with E-state index in [2.05, 4.69) is 4.98 Å². The molecule has 0 fully saturated rings.